The summed E-state index contributed by atoms with van der Waals surface area (Å²) in [4.78, 5) is 11.6. The summed E-state index contributed by atoms with van der Waals surface area (Å²) in [6, 6.07) is 7.74. The highest BCUT2D eigenvalue weighted by molar-refractivity contribution is 7.91. The van der Waals surface area contributed by atoms with E-state index in [-0.39, 0.29) is 23.3 Å². The highest BCUT2D eigenvalue weighted by Gasteiger charge is 2.19. The van der Waals surface area contributed by atoms with Gasteiger partial charge < -0.3 is 10.1 Å². The molecule has 0 radical (unpaired) electrons. The Morgan fingerprint density at radius 2 is 1.86 bits per heavy atom. The second-order valence-electron chi connectivity index (χ2n) is 5.69. The molecule has 0 fully saturated rings. The predicted molar refractivity (Wildman–Crippen MR) is 81.9 cm³/mol. The lowest BCUT2D eigenvalue weighted by Crippen LogP contribution is -2.34. The van der Waals surface area contributed by atoms with Gasteiger partial charge in [-0.15, -0.1) is 0 Å². The number of nitrogens with one attached hydrogen (secondary N) is 1. The van der Waals surface area contributed by atoms with Gasteiger partial charge in [0.25, 0.3) is 0 Å². The van der Waals surface area contributed by atoms with Crippen molar-refractivity contribution in [3.63, 3.8) is 0 Å². The van der Waals surface area contributed by atoms with E-state index in [1.54, 1.807) is 39.0 Å². The first kappa shape index (κ1) is 18.2. The molecular formula is C15H20FNO4S. The van der Waals surface area contributed by atoms with Gasteiger partial charge in [0.1, 0.15) is 5.60 Å². The van der Waals surface area contributed by atoms with Crippen molar-refractivity contribution in [2.75, 3.05) is 12.3 Å². The third kappa shape index (κ3) is 6.26. The molecular weight excluding hydrogens is 309 g/mol. The van der Waals surface area contributed by atoms with Crippen LogP contribution in [-0.2, 0) is 14.6 Å². The molecule has 0 heterocycles. The van der Waals surface area contributed by atoms with Gasteiger partial charge in [-0.3, -0.25) is 0 Å². The maximum atomic E-state index is 12.9. The van der Waals surface area contributed by atoms with Crippen molar-refractivity contribution < 1.29 is 22.3 Å². The number of amides is 1. The number of rotatable bonds is 5. The predicted octanol–water partition coefficient (Wildman–Crippen LogP) is 2.84. The molecule has 0 unspecified atom stereocenters. The van der Waals surface area contributed by atoms with Crippen LogP contribution >= 0.6 is 0 Å². The van der Waals surface area contributed by atoms with Crippen LogP contribution < -0.4 is 5.32 Å². The molecule has 1 amide bonds. The number of benzene rings is 1. The minimum atomic E-state index is -3.66. The summed E-state index contributed by atoms with van der Waals surface area (Å²) >= 11 is 0. The van der Waals surface area contributed by atoms with E-state index >= 15 is 0 Å². The first-order valence-electron chi connectivity index (χ1n) is 6.67. The lowest BCUT2D eigenvalue weighted by molar-refractivity contribution is 0.0532. The van der Waals surface area contributed by atoms with Crippen molar-refractivity contribution in [1.82, 2.24) is 5.32 Å². The lowest BCUT2D eigenvalue weighted by atomic mass is 10.2. The van der Waals surface area contributed by atoms with Gasteiger partial charge in [-0.25, -0.2) is 17.6 Å². The first-order chi connectivity index (χ1) is 10.1. The number of hydrogen-bond donors (Lipinski definition) is 1. The van der Waals surface area contributed by atoms with Crippen LogP contribution in [0.5, 0.6) is 0 Å². The van der Waals surface area contributed by atoms with E-state index in [0.717, 1.165) is 0 Å². The molecule has 0 saturated heterocycles. The molecule has 0 spiro atoms. The van der Waals surface area contributed by atoms with Crippen LogP contribution in [-0.4, -0.2) is 32.4 Å². The molecule has 0 aliphatic rings. The molecule has 0 saturated carbocycles. The number of ether oxygens (including phenoxy) is 1. The third-order valence-electron chi connectivity index (χ3n) is 2.49. The number of carbonyl (C=O) groups excluding carboxylic acids is 1. The van der Waals surface area contributed by atoms with Gasteiger partial charge in [0.05, 0.1) is 17.0 Å². The quantitative estimate of drug-likeness (QED) is 0.901. The topological polar surface area (TPSA) is 72.5 Å². The summed E-state index contributed by atoms with van der Waals surface area (Å²) in [5, 5.41) is 2.33. The van der Waals surface area contributed by atoms with Crippen LogP contribution in [0.3, 0.4) is 0 Å². The van der Waals surface area contributed by atoms with Gasteiger partial charge in [-0.1, -0.05) is 18.2 Å². The van der Waals surface area contributed by atoms with Crippen molar-refractivity contribution in [2.45, 2.75) is 31.3 Å². The summed E-state index contributed by atoms with van der Waals surface area (Å²) < 4.78 is 42.1. The van der Waals surface area contributed by atoms with Gasteiger partial charge in [-0.05, 0) is 38.5 Å². The van der Waals surface area contributed by atoms with E-state index in [1.165, 1.54) is 12.1 Å². The summed E-state index contributed by atoms with van der Waals surface area (Å²) in [5.41, 5.74) is -0.741. The molecule has 0 atom stereocenters. The van der Waals surface area contributed by atoms with E-state index in [2.05, 4.69) is 5.32 Å². The summed E-state index contributed by atoms with van der Waals surface area (Å²) in [5.74, 6) is -0.511. The average molecular weight is 329 g/mol. The summed E-state index contributed by atoms with van der Waals surface area (Å²) in [7, 11) is -3.66. The van der Waals surface area contributed by atoms with E-state index in [1.807, 2.05) is 0 Å². The molecule has 5 nitrogen and oxygen atoms in total. The number of halogens is 1. The number of carbonyl (C=O) groups is 1. The highest BCUT2D eigenvalue weighted by atomic mass is 32.2. The van der Waals surface area contributed by atoms with Crippen molar-refractivity contribution in [3.05, 3.63) is 42.2 Å². The van der Waals surface area contributed by atoms with Crippen molar-refractivity contribution in [3.8, 4) is 0 Å². The van der Waals surface area contributed by atoms with E-state index in [4.69, 9.17) is 4.74 Å². The maximum Gasteiger partial charge on any atom is 0.407 e. The van der Waals surface area contributed by atoms with Crippen molar-refractivity contribution in [2.24, 2.45) is 0 Å². The normalized spacial score (nSPS) is 12.8. The monoisotopic (exact) mass is 329 g/mol. The first-order valence-corrected chi connectivity index (χ1v) is 8.32. The van der Waals surface area contributed by atoms with Crippen LogP contribution in [0.1, 0.15) is 20.8 Å². The third-order valence-corrected chi connectivity index (χ3v) is 4.23. The second-order valence-corrected chi connectivity index (χ2v) is 7.68. The smallest absolute Gasteiger partial charge is 0.407 e. The standard InChI is InChI=1S/C15H20FNO4S/c1-15(2,3)21-14(18)17-10-12(9-16)11-22(19,20)13-7-5-4-6-8-13/h4-9H,10-11H2,1-3H3,(H,17,18)/b12-9-. The minimum absolute atomic E-state index is 0.0605. The van der Waals surface area contributed by atoms with Gasteiger partial charge >= 0.3 is 6.09 Å². The van der Waals surface area contributed by atoms with E-state index < -0.39 is 27.3 Å². The molecule has 1 aromatic carbocycles. The average Bonchev–Trinajstić information content (AvgIpc) is 2.42. The fraction of sp³-hybridized carbons (Fsp3) is 0.400. The molecule has 0 aromatic heterocycles. The fourth-order valence-corrected chi connectivity index (χ4v) is 2.97. The van der Waals surface area contributed by atoms with Gasteiger partial charge in [0, 0.05) is 6.54 Å². The van der Waals surface area contributed by atoms with Crippen LogP contribution in [0.25, 0.3) is 0 Å². The molecule has 7 heteroatoms. The zero-order valence-electron chi connectivity index (χ0n) is 12.8. The van der Waals surface area contributed by atoms with E-state index in [9.17, 15) is 17.6 Å². The Labute approximate surface area is 130 Å². The summed E-state index contributed by atoms with van der Waals surface area (Å²) in [6.07, 6.45) is -0.540. The van der Waals surface area contributed by atoms with Crippen LogP contribution in [0, 0.1) is 0 Å². The van der Waals surface area contributed by atoms with Crippen molar-refractivity contribution >= 4 is 15.9 Å². The number of sulfone groups is 1. The zero-order valence-corrected chi connectivity index (χ0v) is 13.6. The fourth-order valence-electron chi connectivity index (χ4n) is 1.58. The molecule has 1 rings (SSSR count). The Kier molecular flexibility index (Phi) is 6.11. The largest absolute Gasteiger partial charge is 0.444 e. The Morgan fingerprint density at radius 1 is 1.27 bits per heavy atom. The SMILES string of the molecule is CC(C)(C)OC(=O)NC/C(=C/F)CS(=O)(=O)c1ccccc1. The molecule has 0 aliphatic heterocycles. The number of hydrogen-bond acceptors (Lipinski definition) is 4. The molecule has 1 aromatic rings. The Hall–Kier alpha value is -1.89. The molecule has 0 aliphatic carbocycles. The van der Waals surface area contributed by atoms with Crippen molar-refractivity contribution in [1.29, 1.82) is 0 Å². The summed E-state index contributed by atoms with van der Waals surface area (Å²) in [6.45, 7) is 4.84. The minimum Gasteiger partial charge on any atom is -0.444 e. The molecule has 1 N–H and O–H groups in total. The van der Waals surface area contributed by atoms with Crippen LogP contribution in [0.15, 0.2) is 47.1 Å². The number of alkyl carbamates (subject to hydrolysis) is 1. The van der Waals surface area contributed by atoms with Gasteiger partial charge in [0.15, 0.2) is 9.84 Å². The lowest BCUT2D eigenvalue weighted by Gasteiger charge is -2.20. The molecule has 122 valence electrons. The van der Waals surface area contributed by atoms with Crippen LogP contribution in [0.2, 0.25) is 0 Å². The maximum absolute atomic E-state index is 12.9. The van der Waals surface area contributed by atoms with Crippen LogP contribution in [0.4, 0.5) is 9.18 Å². The zero-order chi connectivity index (χ0) is 16.8. The van der Waals surface area contributed by atoms with E-state index in [0.29, 0.717) is 0 Å². The van der Waals surface area contributed by atoms with Gasteiger partial charge in [-0.2, -0.15) is 0 Å². The molecule has 22 heavy (non-hydrogen) atoms. The second kappa shape index (κ2) is 7.40. The highest BCUT2D eigenvalue weighted by Crippen LogP contribution is 2.13. The Morgan fingerprint density at radius 3 is 2.36 bits per heavy atom. The molecule has 0 bridgehead atoms. The van der Waals surface area contributed by atoms with Gasteiger partial charge in [0.2, 0.25) is 0 Å². The Balaban J connectivity index is 2.65. The Bertz CT molecular complexity index is 633.